The molecule has 2 heterocycles. The van der Waals surface area contributed by atoms with Gasteiger partial charge < -0.3 is 9.67 Å². The first-order valence-electron chi connectivity index (χ1n) is 11.7. The minimum Gasteiger partial charge on any atom is -0.478 e. The van der Waals surface area contributed by atoms with Crippen LogP contribution >= 0.6 is 0 Å². The van der Waals surface area contributed by atoms with E-state index >= 15 is 0 Å². The number of hydrogen-bond acceptors (Lipinski definition) is 6. The van der Waals surface area contributed by atoms with Gasteiger partial charge in [0.25, 0.3) is 5.56 Å². The maximum atomic E-state index is 12.8. The van der Waals surface area contributed by atoms with E-state index in [1.165, 1.54) is 6.07 Å². The number of aryl methyl sites for hydroxylation is 1. The van der Waals surface area contributed by atoms with Gasteiger partial charge in [-0.15, -0.1) is 10.2 Å². The van der Waals surface area contributed by atoms with Crippen molar-refractivity contribution in [1.29, 1.82) is 0 Å². The summed E-state index contributed by atoms with van der Waals surface area (Å²) in [5, 5.41) is 24.2. The van der Waals surface area contributed by atoms with Crippen LogP contribution in [-0.2, 0) is 13.0 Å². The number of nitrogens with zero attached hydrogens (tertiary/aromatic N) is 5. The number of carboxylic acid groups (broad SMARTS) is 1. The largest absolute Gasteiger partial charge is 0.478 e. The summed E-state index contributed by atoms with van der Waals surface area (Å²) in [6.07, 6.45) is 2.47. The first kappa shape index (κ1) is 23.1. The topological polar surface area (TPSA) is 127 Å². The van der Waals surface area contributed by atoms with E-state index in [1.807, 2.05) is 53.1 Å². The number of unbranched alkanes of at least 4 members (excludes halogenated alkanes) is 1. The predicted molar refractivity (Wildman–Crippen MR) is 136 cm³/mol. The van der Waals surface area contributed by atoms with Crippen LogP contribution in [0, 0.1) is 0 Å². The van der Waals surface area contributed by atoms with E-state index in [0.717, 1.165) is 35.1 Å². The van der Waals surface area contributed by atoms with Crippen LogP contribution in [0.25, 0.3) is 33.4 Å². The smallest absolute Gasteiger partial charge is 0.336 e. The molecule has 9 nitrogen and oxygen atoms in total. The lowest BCUT2D eigenvalue weighted by Crippen LogP contribution is -2.21. The third-order valence-electron chi connectivity index (χ3n) is 6.19. The molecular weight excluding hydrogens is 456 g/mol. The number of carboxylic acids is 1. The van der Waals surface area contributed by atoms with Crippen molar-refractivity contribution >= 4 is 16.9 Å². The molecule has 0 spiro atoms. The predicted octanol–water partition coefficient (Wildman–Crippen LogP) is 4.33. The highest BCUT2D eigenvalue weighted by Crippen LogP contribution is 2.30. The summed E-state index contributed by atoms with van der Waals surface area (Å²) in [5.74, 6) is 0.0377. The quantitative estimate of drug-likeness (QED) is 0.338. The molecule has 5 rings (SSSR count). The molecule has 0 aliphatic heterocycles. The molecule has 2 N–H and O–H groups in total. The summed E-state index contributed by atoms with van der Waals surface area (Å²) in [7, 11) is 0. The number of rotatable bonds is 8. The molecule has 0 atom stereocenters. The average Bonchev–Trinajstić information content (AvgIpc) is 3.44. The molecule has 5 aromatic rings. The lowest BCUT2D eigenvalue weighted by atomic mass is 9.98. The van der Waals surface area contributed by atoms with Crippen molar-refractivity contribution in [3.8, 4) is 22.5 Å². The number of benzene rings is 3. The zero-order valence-electron chi connectivity index (χ0n) is 19.7. The Hall–Kier alpha value is -4.66. The fraction of sp³-hybridized carbons (Fsp3) is 0.185. The van der Waals surface area contributed by atoms with Crippen LogP contribution in [0.15, 0.2) is 71.5 Å². The van der Waals surface area contributed by atoms with Crippen molar-refractivity contribution in [2.45, 2.75) is 32.7 Å². The van der Waals surface area contributed by atoms with Gasteiger partial charge in [-0.2, -0.15) is 10.2 Å². The highest BCUT2D eigenvalue weighted by atomic mass is 16.4. The van der Waals surface area contributed by atoms with Crippen molar-refractivity contribution in [1.82, 2.24) is 30.2 Å². The number of carbonyl (C=O) groups is 1. The second kappa shape index (κ2) is 9.91. The summed E-state index contributed by atoms with van der Waals surface area (Å²) in [6.45, 7) is 2.54. The van der Waals surface area contributed by atoms with E-state index in [-0.39, 0.29) is 10.9 Å². The Bertz CT molecular complexity index is 1590. The Morgan fingerprint density at radius 1 is 1.00 bits per heavy atom. The SMILES string of the molecule is CCCCc1nc(=O)c2c(C(=O)O)cccc2n1Cc1ccc(-c2ccccc2-c2nn[nH]n2)cc1. The maximum absolute atomic E-state index is 12.8. The zero-order chi connectivity index (χ0) is 25.1. The van der Waals surface area contributed by atoms with Gasteiger partial charge in [0.1, 0.15) is 5.82 Å². The Balaban J connectivity index is 1.56. The van der Waals surface area contributed by atoms with Gasteiger partial charge in [0.15, 0.2) is 0 Å². The molecule has 180 valence electrons. The number of nitrogens with one attached hydrogen (secondary N) is 1. The molecule has 0 saturated carbocycles. The minimum absolute atomic E-state index is 0.0331. The molecule has 0 aliphatic carbocycles. The Morgan fingerprint density at radius 3 is 2.47 bits per heavy atom. The molecule has 3 aromatic carbocycles. The molecule has 36 heavy (non-hydrogen) atoms. The van der Waals surface area contributed by atoms with Crippen LogP contribution in [0.3, 0.4) is 0 Å². The summed E-state index contributed by atoms with van der Waals surface area (Å²) in [6, 6.07) is 20.9. The minimum atomic E-state index is -1.14. The molecule has 0 unspecified atom stereocenters. The molecule has 9 heteroatoms. The number of aromatic nitrogens is 6. The molecule has 0 fully saturated rings. The second-order valence-electron chi connectivity index (χ2n) is 8.51. The molecule has 0 aliphatic rings. The lowest BCUT2D eigenvalue weighted by Gasteiger charge is -2.17. The Kier molecular flexibility index (Phi) is 6.36. The van der Waals surface area contributed by atoms with Crippen LogP contribution in [0.4, 0.5) is 0 Å². The summed E-state index contributed by atoms with van der Waals surface area (Å²) in [4.78, 5) is 28.9. The van der Waals surface area contributed by atoms with E-state index < -0.39 is 11.5 Å². The van der Waals surface area contributed by atoms with Gasteiger partial charge in [0.2, 0.25) is 5.82 Å². The third kappa shape index (κ3) is 4.38. The van der Waals surface area contributed by atoms with E-state index in [0.29, 0.717) is 30.1 Å². The number of fused-ring (bicyclic) bond motifs is 1. The van der Waals surface area contributed by atoms with Crippen molar-refractivity contribution < 1.29 is 9.90 Å². The van der Waals surface area contributed by atoms with Gasteiger partial charge in [-0.25, -0.2) is 4.79 Å². The van der Waals surface area contributed by atoms with Crippen molar-refractivity contribution in [3.63, 3.8) is 0 Å². The van der Waals surface area contributed by atoms with Gasteiger partial charge in [-0.05, 0) is 40.5 Å². The van der Waals surface area contributed by atoms with Gasteiger partial charge in [-0.3, -0.25) is 4.79 Å². The number of hydrogen-bond donors (Lipinski definition) is 2. The fourth-order valence-electron chi connectivity index (χ4n) is 4.42. The Labute approximate surface area is 206 Å². The molecule has 0 bridgehead atoms. The van der Waals surface area contributed by atoms with E-state index in [9.17, 15) is 14.7 Å². The summed E-state index contributed by atoms with van der Waals surface area (Å²) < 4.78 is 1.96. The molecule has 0 saturated heterocycles. The second-order valence-corrected chi connectivity index (χ2v) is 8.51. The van der Waals surface area contributed by atoms with Crippen LogP contribution in [0.1, 0.15) is 41.5 Å². The number of aromatic carboxylic acids is 1. The monoisotopic (exact) mass is 480 g/mol. The van der Waals surface area contributed by atoms with E-state index in [4.69, 9.17) is 0 Å². The fourth-order valence-corrected chi connectivity index (χ4v) is 4.42. The van der Waals surface area contributed by atoms with Crippen molar-refractivity contribution in [2.24, 2.45) is 0 Å². The maximum Gasteiger partial charge on any atom is 0.336 e. The van der Waals surface area contributed by atoms with Gasteiger partial charge in [0, 0.05) is 18.5 Å². The molecular formula is C27H24N6O3. The van der Waals surface area contributed by atoms with Gasteiger partial charge in [-0.1, -0.05) is 67.9 Å². The third-order valence-corrected chi connectivity index (χ3v) is 6.19. The normalized spacial score (nSPS) is 11.1. The van der Waals surface area contributed by atoms with Crippen molar-refractivity contribution in [3.05, 3.63) is 94.0 Å². The molecule has 0 amide bonds. The average molecular weight is 481 g/mol. The summed E-state index contributed by atoms with van der Waals surface area (Å²) >= 11 is 0. The highest BCUT2D eigenvalue weighted by molar-refractivity contribution is 6.02. The zero-order valence-corrected chi connectivity index (χ0v) is 19.7. The Morgan fingerprint density at radius 2 is 1.78 bits per heavy atom. The first-order valence-corrected chi connectivity index (χ1v) is 11.7. The van der Waals surface area contributed by atoms with Gasteiger partial charge >= 0.3 is 5.97 Å². The van der Waals surface area contributed by atoms with E-state index in [1.54, 1.807) is 12.1 Å². The highest BCUT2D eigenvalue weighted by Gasteiger charge is 2.17. The van der Waals surface area contributed by atoms with Crippen LogP contribution in [0.5, 0.6) is 0 Å². The lowest BCUT2D eigenvalue weighted by molar-refractivity contribution is 0.0699. The van der Waals surface area contributed by atoms with E-state index in [2.05, 4.69) is 32.5 Å². The first-order chi connectivity index (χ1) is 17.6. The number of tetrazole rings is 1. The van der Waals surface area contributed by atoms with Crippen molar-refractivity contribution in [2.75, 3.05) is 0 Å². The molecule has 2 aromatic heterocycles. The van der Waals surface area contributed by atoms with Crippen LogP contribution < -0.4 is 5.56 Å². The summed E-state index contributed by atoms with van der Waals surface area (Å²) in [5.41, 5.74) is 3.90. The van der Waals surface area contributed by atoms with Crippen LogP contribution in [0.2, 0.25) is 0 Å². The molecule has 0 radical (unpaired) electrons. The standard InChI is InChI=1S/C27H24N6O3/c1-2-3-11-23-28-26(34)24-21(27(35)36)9-6-10-22(24)33(23)16-17-12-14-18(15-13-17)19-7-4-5-8-20(19)25-29-31-32-30-25/h4-10,12-15H,2-3,11,16H2,1H3,(H,35,36)(H,29,30,31,32). The van der Waals surface area contributed by atoms with Gasteiger partial charge in [0.05, 0.1) is 16.5 Å². The van der Waals surface area contributed by atoms with Crippen LogP contribution in [-0.4, -0.2) is 41.3 Å². The number of aromatic amines is 1. The number of H-pyrrole nitrogens is 1.